The molecule has 88 valence electrons. The molecule has 0 amide bonds. The minimum absolute atomic E-state index is 0.524. The Labute approximate surface area is 99.9 Å². The van der Waals surface area contributed by atoms with Crippen LogP contribution in [0.25, 0.3) is 0 Å². The zero-order valence-corrected chi connectivity index (χ0v) is 9.79. The smallest absolute Gasteiger partial charge is 0.212 e. The molecule has 0 fully saturated rings. The average molecular weight is 230 g/mol. The van der Waals surface area contributed by atoms with Crippen LogP contribution in [0.15, 0.2) is 42.9 Å². The van der Waals surface area contributed by atoms with E-state index in [1.165, 1.54) is 0 Å². The molecule has 4 nitrogen and oxygen atoms in total. The molecule has 0 spiro atoms. The fraction of sp³-hybridized carbons (Fsp3) is 0.231. The monoisotopic (exact) mass is 230 g/mol. The van der Waals surface area contributed by atoms with Gasteiger partial charge in [-0.05, 0) is 19.1 Å². The Hall–Kier alpha value is -1.94. The Balaban J connectivity index is 2.37. The lowest BCUT2D eigenvalue weighted by molar-refractivity contribution is 0.101. The van der Waals surface area contributed by atoms with E-state index in [4.69, 9.17) is 4.74 Å². The van der Waals surface area contributed by atoms with E-state index in [-0.39, 0.29) is 0 Å². The first kappa shape index (κ1) is 11.5. The maximum absolute atomic E-state index is 10.5. The molecule has 0 saturated carbocycles. The van der Waals surface area contributed by atoms with Crippen molar-refractivity contribution in [1.82, 2.24) is 9.97 Å². The van der Waals surface area contributed by atoms with Crippen LogP contribution in [0.1, 0.15) is 18.1 Å². The summed E-state index contributed by atoms with van der Waals surface area (Å²) in [5.74, 6) is 0.524. The lowest BCUT2D eigenvalue weighted by Crippen LogP contribution is -2.23. The minimum atomic E-state index is -1.10. The van der Waals surface area contributed by atoms with Crippen LogP contribution in [0.2, 0.25) is 0 Å². The topological polar surface area (TPSA) is 55.2 Å². The summed E-state index contributed by atoms with van der Waals surface area (Å²) in [6.45, 7) is 1.72. The van der Waals surface area contributed by atoms with Gasteiger partial charge in [-0.3, -0.25) is 4.98 Å². The number of aromatic nitrogens is 2. The van der Waals surface area contributed by atoms with Crippen LogP contribution in [-0.2, 0) is 5.60 Å². The zero-order chi connectivity index (χ0) is 12.3. The second-order valence-corrected chi connectivity index (χ2v) is 3.90. The molecule has 2 heterocycles. The molecule has 2 aromatic rings. The fourth-order valence-corrected chi connectivity index (χ4v) is 1.61. The van der Waals surface area contributed by atoms with Crippen LogP contribution in [0.3, 0.4) is 0 Å². The maximum atomic E-state index is 10.5. The summed E-state index contributed by atoms with van der Waals surface area (Å²) in [6, 6.07) is 7.14. The van der Waals surface area contributed by atoms with Crippen LogP contribution in [0.4, 0.5) is 0 Å². The lowest BCUT2D eigenvalue weighted by Gasteiger charge is -2.23. The number of methoxy groups -OCH3 is 1. The molecule has 17 heavy (non-hydrogen) atoms. The highest BCUT2D eigenvalue weighted by molar-refractivity contribution is 5.33. The van der Waals surface area contributed by atoms with E-state index < -0.39 is 5.60 Å². The predicted octanol–water partition coefficient (Wildman–Crippen LogP) is 1.74. The average Bonchev–Trinajstić information content (AvgIpc) is 2.40. The number of nitrogens with zero attached hydrogens (tertiary/aromatic N) is 2. The van der Waals surface area contributed by atoms with Crippen molar-refractivity contribution in [3.63, 3.8) is 0 Å². The summed E-state index contributed by atoms with van der Waals surface area (Å²) >= 11 is 0. The third-order valence-electron chi connectivity index (χ3n) is 2.73. The molecule has 0 bridgehead atoms. The summed E-state index contributed by atoms with van der Waals surface area (Å²) in [5.41, 5.74) is 0.325. The van der Waals surface area contributed by atoms with Gasteiger partial charge in [0, 0.05) is 35.8 Å². The molecule has 1 unspecified atom stereocenters. The quantitative estimate of drug-likeness (QED) is 0.872. The zero-order valence-electron chi connectivity index (χ0n) is 9.79. The van der Waals surface area contributed by atoms with Gasteiger partial charge < -0.3 is 9.84 Å². The van der Waals surface area contributed by atoms with Gasteiger partial charge in [0.15, 0.2) is 0 Å². The molecule has 0 aliphatic carbocycles. The van der Waals surface area contributed by atoms with Gasteiger partial charge in [0.25, 0.3) is 0 Å². The number of ether oxygens (including phenoxy) is 1. The lowest BCUT2D eigenvalue weighted by atomic mass is 9.90. The highest BCUT2D eigenvalue weighted by atomic mass is 16.5. The molecule has 1 N–H and O–H groups in total. The van der Waals surface area contributed by atoms with Crippen molar-refractivity contribution in [3.8, 4) is 5.88 Å². The van der Waals surface area contributed by atoms with E-state index >= 15 is 0 Å². The third kappa shape index (κ3) is 2.26. The number of rotatable bonds is 3. The van der Waals surface area contributed by atoms with Crippen molar-refractivity contribution in [1.29, 1.82) is 0 Å². The largest absolute Gasteiger partial charge is 0.481 e. The highest BCUT2D eigenvalue weighted by Gasteiger charge is 2.26. The summed E-state index contributed by atoms with van der Waals surface area (Å²) < 4.78 is 4.98. The van der Waals surface area contributed by atoms with Crippen LogP contribution >= 0.6 is 0 Å². The minimum Gasteiger partial charge on any atom is -0.481 e. The van der Waals surface area contributed by atoms with E-state index in [9.17, 15) is 5.11 Å². The third-order valence-corrected chi connectivity index (χ3v) is 2.73. The van der Waals surface area contributed by atoms with Crippen molar-refractivity contribution in [2.75, 3.05) is 7.11 Å². The van der Waals surface area contributed by atoms with Crippen molar-refractivity contribution in [3.05, 3.63) is 54.0 Å². The second-order valence-electron chi connectivity index (χ2n) is 3.90. The summed E-state index contributed by atoms with van der Waals surface area (Å²) in [6.07, 6.45) is 4.92. The molecule has 0 aromatic carbocycles. The number of hydrogen-bond donors (Lipinski definition) is 1. The SMILES string of the molecule is COc1ccc(C(C)(O)c2cccnc2)cn1. The van der Waals surface area contributed by atoms with Gasteiger partial charge in [-0.1, -0.05) is 6.07 Å². The van der Waals surface area contributed by atoms with Crippen LogP contribution in [-0.4, -0.2) is 22.2 Å². The fourth-order valence-electron chi connectivity index (χ4n) is 1.61. The van der Waals surface area contributed by atoms with Gasteiger partial charge in [-0.25, -0.2) is 4.98 Å². The summed E-state index contributed by atoms with van der Waals surface area (Å²) in [5, 5.41) is 10.5. The molecular weight excluding hydrogens is 216 g/mol. The molecule has 2 rings (SSSR count). The van der Waals surface area contributed by atoms with E-state index in [0.29, 0.717) is 11.4 Å². The first-order chi connectivity index (χ1) is 8.14. The Bertz CT molecular complexity index is 481. The van der Waals surface area contributed by atoms with Crippen LogP contribution in [0, 0.1) is 0 Å². The molecular formula is C13H14N2O2. The van der Waals surface area contributed by atoms with Gasteiger partial charge in [-0.2, -0.15) is 0 Å². The van der Waals surface area contributed by atoms with Crippen molar-refractivity contribution in [2.45, 2.75) is 12.5 Å². The Morgan fingerprint density at radius 3 is 2.47 bits per heavy atom. The van der Waals surface area contributed by atoms with E-state index in [1.54, 1.807) is 50.8 Å². The number of aliphatic hydroxyl groups is 1. The maximum Gasteiger partial charge on any atom is 0.212 e. The second kappa shape index (κ2) is 4.51. The number of pyridine rings is 2. The molecule has 0 saturated heterocycles. The Morgan fingerprint density at radius 1 is 1.18 bits per heavy atom. The van der Waals surface area contributed by atoms with Crippen molar-refractivity contribution in [2.24, 2.45) is 0 Å². The number of hydrogen-bond acceptors (Lipinski definition) is 4. The Morgan fingerprint density at radius 2 is 1.94 bits per heavy atom. The summed E-state index contributed by atoms with van der Waals surface area (Å²) in [4.78, 5) is 8.09. The molecule has 0 aliphatic heterocycles. The van der Waals surface area contributed by atoms with Crippen molar-refractivity contribution < 1.29 is 9.84 Å². The van der Waals surface area contributed by atoms with E-state index in [0.717, 1.165) is 5.56 Å². The van der Waals surface area contributed by atoms with Gasteiger partial charge in [0.2, 0.25) is 5.88 Å². The Kier molecular flexibility index (Phi) is 3.06. The molecule has 4 heteroatoms. The van der Waals surface area contributed by atoms with E-state index in [1.807, 2.05) is 6.07 Å². The predicted molar refractivity (Wildman–Crippen MR) is 63.7 cm³/mol. The first-order valence-corrected chi connectivity index (χ1v) is 5.28. The summed E-state index contributed by atoms with van der Waals surface area (Å²) in [7, 11) is 1.56. The highest BCUT2D eigenvalue weighted by Crippen LogP contribution is 2.28. The van der Waals surface area contributed by atoms with Gasteiger partial charge >= 0.3 is 0 Å². The first-order valence-electron chi connectivity index (χ1n) is 5.28. The molecule has 1 atom stereocenters. The van der Waals surface area contributed by atoms with Crippen LogP contribution < -0.4 is 4.74 Å². The van der Waals surface area contributed by atoms with E-state index in [2.05, 4.69) is 9.97 Å². The standard InChI is InChI=1S/C13H14N2O2/c1-13(16,10-4-3-7-14-8-10)11-5-6-12(17-2)15-9-11/h3-9,16H,1-2H3. The van der Waals surface area contributed by atoms with Crippen molar-refractivity contribution >= 4 is 0 Å². The van der Waals surface area contributed by atoms with Gasteiger partial charge in [0.05, 0.1) is 7.11 Å². The molecule has 0 aliphatic rings. The normalized spacial score (nSPS) is 14.1. The molecule has 2 aromatic heterocycles. The molecule has 0 radical (unpaired) electrons. The van der Waals surface area contributed by atoms with Gasteiger partial charge in [0.1, 0.15) is 5.60 Å². The van der Waals surface area contributed by atoms with Crippen LogP contribution in [0.5, 0.6) is 5.88 Å². The van der Waals surface area contributed by atoms with Gasteiger partial charge in [-0.15, -0.1) is 0 Å².